The summed E-state index contributed by atoms with van der Waals surface area (Å²) in [5, 5.41) is 3.76. The van der Waals surface area contributed by atoms with Crippen molar-refractivity contribution in [1.29, 1.82) is 0 Å². The lowest BCUT2D eigenvalue weighted by molar-refractivity contribution is -0.120. The van der Waals surface area contributed by atoms with Crippen molar-refractivity contribution >= 4 is 40.1 Å². The monoisotopic (exact) mass is 400 g/mol. The molecular formula is C23H20N4O3. The summed E-state index contributed by atoms with van der Waals surface area (Å²) in [4.78, 5) is 46.3. The molecule has 7 nitrogen and oxygen atoms in total. The molecule has 3 aromatic rings. The molecule has 0 saturated carbocycles. The van der Waals surface area contributed by atoms with Gasteiger partial charge in [0.25, 0.3) is 5.91 Å². The van der Waals surface area contributed by atoms with E-state index < -0.39 is 5.66 Å². The molecule has 2 aromatic carbocycles. The second-order valence-corrected chi connectivity index (χ2v) is 7.79. The zero-order chi connectivity index (χ0) is 20.9. The van der Waals surface area contributed by atoms with Crippen molar-refractivity contribution in [2.45, 2.75) is 25.4 Å². The number of amides is 3. The van der Waals surface area contributed by atoms with E-state index in [1.807, 2.05) is 43.3 Å². The van der Waals surface area contributed by atoms with Gasteiger partial charge in [-0.15, -0.1) is 0 Å². The Bertz CT molecular complexity index is 1210. The summed E-state index contributed by atoms with van der Waals surface area (Å²) in [6.45, 7) is 1.68. The Morgan fingerprint density at radius 1 is 1.07 bits per heavy atom. The van der Waals surface area contributed by atoms with E-state index in [9.17, 15) is 14.4 Å². The van der Waals surface area contributed by atoms with E-state index in [0.29, 0.717) is 29.9 Å². The minimum atomic E-state index is -0.864. The molecular weight excluding hydrogens is 380 g/mol. The number of nitrogens with zero attached hydrogens (tertiary/aromatic N) is 3. The first-order chi connectivity index (χ1) is 14.5. The second-order valence-electron chi connectivity index (χ2n) is 7.79. The Morgan fingerprint density at radius 2 is 1.83 bits per heavy atom. The fraction of sp³-hybridized carbons (Fsp3) is 0.217. The maximum Gasteiger partial charge on any atom is 0.258 e. The molecule has 30 heavy (non-hydrogen) atoms. The number of pyridine rings is 1. The fourth-order valence-corrected chi connectivity index (χ4v) is 4.40. The molecule has 1 atom stereocenters. The molecule has 150 valence electrons. The van der Waals surface area contributed by atoms with Gasteiger partial charge in [0.05, 0.1) is 16.8 Å². The lowest BCUT2D eigenvalue weighted by Gasteiger charge is -2.48. The number of fused-ring (bicyclic) bond motifs is 4. The van der Waals surface area contributed by atoms with Gasteiger partial charge in [-0.2, -0.15) is 0 Å². The van der Waals surface area contributed by atoms with Gasteiger partial charge in [0.15, 0.2) is 0 Å². The van der Waals surface area contributed by atoms with Crippen LogP contribution in [0.15, 0.2) is 60.7 Å². The Hall–Kier alpha value is -3.74. The minimum Gasteiger partial charge on any atom is -0.309 e. The summed E-state index contributed by atoms with van der Waals surface area (Å²) >= 11 is 0. The van der Waals surface area contributed by atoms with E-state index in [4.69, 9.17) is 0 Å². The van der Waals surface area contributed by atoms with E-state index in [2.05, 4.69) is 10.3 Å². The Morgan fingerprint density at radius 3 is 2.70 bits per heavy atom. The number of rotatable bonds is 3. The zero-order valence-electron chi connectivity index (χ0n) is 16.5. The quantitative estimate of drug-likeness (QED) is 0.732. The standard InChI is InChI=1S/C23H20N4O3/c1-23-13-12-21(29)27(23)18-9-5-3-7-16(18)22(30)26(23)14-20(28)25-19-11-10-15-6-2-4-8-17(15)24-19/h2-11H,12-14H2,1H3,(H,24,25,28)/t23-/m0/s1. The molecule has 5 rings (SSSR count). The molecule has 2 aliphatic rings. The molecule has 0 radical (unpaired) electrons. The van der Waals surface area contributed by atoms with Gasteiger partial charge in [0, 0.05) is 11.8 Å². The average molecular weight is 400 g/mol. The van der Waals surface area contributed by atoms with Crippen LogP contribution in [-0.2, 0) is 9.59 Å². The topological polar surface area (TPSA) is 82.6 Å². The van der Waals surface area contributed by atoms with E-state index in [-0.39, 0.29) is 24.3 Å². The highest BCUT2D eigenvalue weighted by Crippen LogP contribution is 2.43. The highest BCUT2D eigenvalue weighted by Gasteiger charge is 2.53. The molecule has 1 N–H and O–H groups in total. The maximum atomic E-state index is 13.2. The highest BCUT2D eigenvalue weighted by atomic mass is 16.2. The van der Waals surface area contributed by atoms with Crippen molar-refractivity contribution in [3.8, 4) is 0 Å². The molecule has 3 amide bonds. The molecule has 0 bridgehead atoms. The van der Waals surface area contributed by atoms with Gasteiger partial charge in [-0.05, 0) is 43.7 Å². The van der Waals surface area contributed by atoms with Crippen LogP contribution in [0.5, 0.6) is 0 Å². The van der Waals surface area contributed by atoms with E-state index in [1.165, 1.54) is 4.90 Å². The number of anilines is 2. The lowest BCUT2D eigenvalue weighted by atomic mass is 9.98. The zero-order valence-corrected chi connectivity index (χ0v) is 16.5. The number of nitrogens with one attached hydrogen (secondary N) is 1. The SMILES string of the molecule is C[C@@]12CCC(=O)N1c1ccccc1C(=O)N2CC(=O)Nc1ccc2ccccc2n1. The summed E-state index contributed by atoms with van der Waals surface area (Å²) in [5.74, 6) is -0.223. The largest absolute Gasteiger partial charge is 0.309 e. The smallest absolute Gasteiger partial charge is 0.258 e. The van der Waals surface area contributed by atoms with Crippen molar-refractivity contribution in [3.63, 3.8) is 0 Å². The fourth-order valence-electron chi connectivity index (χ4n) is 4.40. The third-order valence-electron chi connectivity index (χ3n) is 5.91. The molecule has 1 saturated heterocycles. The van der Waals surface area contributed by atoms with Crippen molar-refractivity contribution in [2.75, 3.05) is 16.8 Å². The number of aromatic nitrogens is 1. The normalized spacial score (nSPS) is 20.3. The van der Waals surface area contributed by atoms with Crippen LogP contribution in [0.1, 0.15) is 30.1 Å². The Kier molecular flexibility index (Phi) is 4.06. The first-order valence-corrected chi connectivity index (χ1v) is 9.87. The molecule has 0 spiro atoms. The predicted molar refractivity (Wildman–Crippen MR) is 113 cm³/mol. The Balaban J connectivity index is 1.43. The number of hydrogen-bond acceptors (Lipinski definition) is 4. The van der Waals surface area contributed by atoms with E-state index >= 15 is 0 Å². The molecule has 1 fully saturated rings. The van der Waals surface area contributed by atoms with Crippen LogP contribution in [0, 0.1) is 0 Å². The van der Waals surface area contributed by atoms with Crippen LogP contribution < -0.4 is 10.2 Å². The van der Waals surface area contributed by atoms with Crippen LogP contribution in [0.2, 0.25) is 0 Å². The summed E-state index contributed by atoms with van der Waals surface area (Å²) < 4.78 is 0. The molecule has 0 unspecified atom stereocenters. The third-order valence-corrected chi connectivity index (χ3v) is 5.91. The van der Waals surface area contributed by atoms with Crippen molar-refractivity contribution in [2.24, 2.45) is 0 Å². The third kappa shape index (κ3) is 2.74. The second kappa shape index (κ2) is 6.66. The number of para-hydroxylation sites is 2. The molecule has 0 aliphatic carbocycles. The van der Waals surface area contributed by atoms with Gasteiger partial charge in [0.1, 0.15) is 18.0 Å². The van der Waals surface area contributed by atoms with Crippen molar-refractivity contribution in [3.05, 3.63) is 66.2 Å². The van der Waals surface area contributed by atoms with Crippen molar-refractivity contribution in [1.82, 2.24) is 9.88 Å². The minimum absolute atomic E-state index is 0.0425. The van der Waals surface area contributed by atoms with Gasteiger partial charge < -0.3 is 10.2 Å². The van der Waals surface area contributed by atoms with Crippen LogP contribution in [0.3, 0.4) is 0 Å². The highest BCUT2D eigenvalue weighted by molar-refractivity contribution is 6.11. The van der Waals surface area contributed by atoms with Crippen LogP contribution in [0.4, 0.5) is 11.5 Å². The first-order valence-electron chi connectivity index (χ1n) is 9.87. The van der Waals surface area contributed by atoms with Crippen LogP contribution in [-0.4, -0.2) is 39.8 Å². The van der Waals surface area contributed by atoms with E-state index in [1.54, 1.807) is 29.2 Å². The van der Waals surface area contributed by atoms with Gasteiger partial charge in [-0.1, -0.05) is 30.3 Å². The van der Waals surface area contributed by atoms with Crippen LogP contribution >= 0.6 is 0 Å². The molecule has 3 heterocycles. The number of hydrogen-bond donors (Lipinski definition) is 1. The number of carbonyl (C=O) groups excluding carboxylic acids is 3. The lowest BCUT2D eigenvalue weighted by Crippen LogP contribution is -2.63. The van der Waals surface area contributed by atoms with Crippen molar-refractivity contribution < 1.29 is 14.4 Å². The summed E-state index contributed by atoms with van der Waals surface area (Å²) in [6, 6.07) is 18.3. The molecule has 7 heteroatoms. The number of benzene rings is 2. The van der Waals surface area contributed by atoms with Gasteiger partial charge in [-0.3, -0.25) is 19.3 Å². The van der Waals surface area contributed by atoms with Gasteiger partial charge in [-0.25, -0.2) is 4.98 Å². The molecule has 1 aromatic heterocycles. The van der Waals surface area contributed by atoms with Gasteiger partial charge >= 0.3 is 0 Å². The average Bonchev–Trinajstić information content (AvgIpc) is 3.06. The number of carbonyl (C=O) groups is 3. The summed E-state index contributed by atoms with van der Waals surface area (Å²) in [5.41, 5.74) is 0.955. The maximum absolute atomic E-state index is 13.2. The summed E-state index contributed by atoms with van der Waals surface area (Å²) in [6.07, 6.45) is 0.815. The first kappa shape index (κ1) is 18.3. The predicted octanol–water partition coefficient (Wildman–Crippen LogP) is 3.17. The molecule has 2 aliphatic heterocycles. The van der Waals surface area contributed by atoms with E-state index in [0.717, 1.165) is 10.9 Å². The Labute approximate surface area is 173 Å². The van der Waals surface area contributed by atoms with Gasteiger partial charge in [0.2, 0.25) is 11.8 Å². The summed E-state index contributed by atoms with van der Waals surface area (Å²) in [7, 11) is 0. The van der Waals surface area contributed by atoms with Crippen LogP contribution in [0.25, 0.3) is 10.9 Å².